The fourth-order valence-corrected chi connectivity index (χ4v) is 3.66. The van der Waals surface area contributed by atoms with E-state index in [4.69, 9.17) is 9.97 Å². The summed E-state index contributed by atoms with van der Waals surface area (Å²) in [6, 6.07) is 0.559. The maximum absolute atomic E-state index is 4.80. The van der Waals surface area contributed by atoms with Gasteiger partial charge in [0.2, 0.25) is 0 Å². The Balaban J connectivity index is 1.82. The summed E-state index contributed by atoms with van der Waals surface area (Å²) in [5, 5.41) is 7.04. The lowest BCUT2D eigenvalue weighted by Gasteiger charge is -2.24. The van der Waals surface area contributed by atoms with Crippen LogP contribution in [0.3, 0.4) is 0 Å². The van der Waals surface area contributed by atoms with Crippen molar-refractivity contribution >= 4 is 23.4 Å². The van der Waals surface area contributed by atoms with E-state index in [9.17, 15) is 0 Å². The number of nitrogens with one attached hydrogen (secondary N) is 2. The minimum atomic E-state index is 0.559. The van der Waals surface area contributed by atoms with E-state index < -0.39 is 0 Å². The summed E-state index contributed by atoms with van der Waals surface area (Å²) in [7, 11) is 0. The van der Waals surface area contributed by atoms with Crippen molar-refractivity contribution in [2.45, 2.75) is 51.5 Å². The predicted octanol–water partition coefficient (Wildman–Crippen LogP) is 3.40. The van der Waals surface area contributed by atoms with Crippen molar-refractivity contribution in [2.75, 3.05) is 28.7 Å². The minimum absolute atomic E-state index is 0.559. The average Bonchev–Trinajstić information content (AvgIpc) is 3.29. The summed E-state index contributed by atoms with van der Waals surface area (Å²) in [6.45, 7) is 5.14. The molecule has 0 bridgehead atoms. The van der Waals surface area contributed by atoms with Gasteiger partial charge in [-0.05, 0) is 45.3 Å². The maximum Gasteiger partial charge on any atom is 0.136 e. The summed E-state index contributed by atoms with van der Waals surface area (Å²) in [4.78, 5) is 9.51. The third-order valence-electron chi connectivity index (χ3n) is 3.95. The van der Waals surface area contributed by atoms with Crippen LogP contribution in [0.5, 0.6) is 0 Å². The van der Waals surface area contributed by atoms with Crippen LogP contribution in [0.4, 0.5) is 11.6 Å². The van der Waals surface area contributed by atoms with E-state index >= 15 is 0 Å². The summed E-state index contributed by atoms with van der Waals surface area (Å²) in [5.74, 6) is 6.17. The van der Waals surface area contributed by atoms with Gasteiger partial charge in [-0.3, -0.25) is 0 Å². The molecular weight excluding hydrogens is 268 g/mol. The molecule has 1 unspecified atom stereocenters. The minimum Gasteiger partial charge on any atom is -0.370 e. The number of hydrogen-bond donors (Lipinski definition) is 2. The van der Waals surface area contributed by atoms with E-state index in [-0.39, 0.29) is 0 Å². The van der Waals surface area contributed by atoms with Crippen molar-refractivity contribution in [1.82, 2.24) is 9.97 Å². The smallest absolute Gasteiger partial charge is 0.136 e. The van der Waals surface area contributed by atoms with Crippen LogP contribution in [0.15, 0.2) is 0 Å². The Morgan fingerprint density at radius 1 is 1.20 bits per heavy atom. The second-order valence-corrected chi connectivity index (χ2v) is 6.92. The van der Waals surface area contributed by atoms with E-state index in [1.54, 1.807) is 0 Å². The first-order chi connectivity index (χ1) is 9.78. The molecule has 4 nitrogen and oxygen atoms in total. The third-order valence-corrected chi connectivity index (χ3v) is 5.17. The van der Waals surface area contributed by atoms with Crippen LogP contribution in [-0.2, 0) is 0 Å². The van der Waals surface area contributed by atoms with Crippen LogP contribution in [0.25, 0.3) is 0 Å². The quantitative estimate of drug-likeness (QED) is 0.871. The standard InChI is InChI=1S/C15H24N4S/c1-3-16-13-10(2)14(17-12-5-4-8-20-9-12)19-15(18-13)11-6-7-11/h11-12H,3-9H2,1-2H3,(H2,16,17,18,19). The molecule has 1 saturated heterocycles. The number of rotatable bonds is 5. The Kier molecular flexibility index (Phi) is 4.34. The van der Waals surface area contributed by atoms with Crippen molar-refractivity contribution in [1.29, 1.82) is 0 Å². The fourth-order valence-electron chi connectivity index (χ4n) is 2.59. The monoisotopic (exact) mass is 292 g/mol. The van der Waals surface area contributed by atoms with Crippen LogP contribution in [0.2, 0.25) is 0 Å². The Bertz CT molecular complexity index is 467. The van der Waals surface area contributed by atoms with Gasteiger partial charge in [-0.2, -0.15) is 11.8 Å². The Hall–Kier alpha value is -0.970. The van der Waals surface area contributed by atoms with E-state index in [1.165, 1.54) is 37.2 Å². The average molecular weight is 292 g/mol. The van der Waals surface area contributed by atoms with E-state index in [2.05, 4.69) is 24.5 Å². The zero-order valence-corrected chi connectivity index (χ0v) is 13.2. The van der Waals surface area contributed by atoms with Crippen LogP contribution < -0.4 is 10.6 Å². The molecule has 1 saturated carbocycles. The summed E-state index contributed by atoms with van der Waals surface area (Å²) in [6.07, 6.45) is 5.05. The maximum atomic E-state index is 4.80. The van der Waals surface area contributed by atoms with Gasteiger partial charge in [-0.15, -0.1) is 0 Å². The molecule has 1 aromatic heterocycles. The topological polar surface area (TPSA) is 49.8 Å². The van der Waals surface area contributed by atoms with Gasteiger partial charge in [0.1, 0.15) is 17.5 Å². The highest BCUT2D eigenvalue weighted by Gasteiger charge is 2.28. The van der Waals surface area contributed by atoms with Gasteiger partial charge in [0, 0.05) is 29.8 Å². The lowest BCUT2D eigenvalue weighted by Crippen LogP contribution is -2.27. The van der Waals surface area contributed by atoms with Crippen LogP contribution >= 0.6 is 11.8 Å². The van der Waals surface area contributed by atoms with Crippen molar-refractivity contribution in [3.8, 4) is 0 Å². The summed E-state index contributed by atoms with van der Waals surface area (Å²) < 4.78 is 0. The number of nitrogens with zero attached hydrogens (tertiary/aromatic N) is 2. The molecule has 0 spiro atoms. The fraction of sp³-hybridized carbons (Fsp3) is 0.733. The zero-order chi connectivity index (χ0) is 13.9. The molecule has 1 aromatic rings. The van der Waals surface area contributed by atoms with Crippen molar-refractivity contribution in [2.24, 2.45) is 0 Å². The molecule has 1 atom stereocenters. The van der Waals surface area contributed by atoms with E-state index in [0.29, 0.717) is 12.0 Å². The van der Waals surface area contributed by atoms with Crippen molar-refractivity contribution in [3.05, 3.63) is 11.4 Å². The highest BCUT2D eigenvalue weighted by molar-refractivity contribution is 7.99. The normalized spacial score (nSPS) is 22.6. The van der Waals surface area contributed by atoms with Gasteiger partial charge in [0.25, 0.3) is 0 Å². The molecule has 0 amide bonds. The number of hydrogen-bond acceptors (Lipinski definition) is 5. The largest absolute Gasteiger partial charge is 0.370 e. The van der Waals surface area contributed by atoms with Gasteiger partial charge < -0.3 is 10.6 Å². The first-order valence-corrected chi connectivity index (χ1v) is 8.90. The molecule has 2 fully saturated rings. The zero-order valence-electron chi connectivity index (χ0n) is 12.4. The van der Waals surface area contributed by atoms with E-state index in [0.717, 1.165) is 29.6 Å². The van der Waals surface area contributed by atoms with Gasteiger partial charge in [0.15, 0.2) is 0 Å². The second-order valence-electron chi connectivity index (χ2n) is 5.77. The molecule has 5 heteroatoms. The highest BCUT2D eigenvalue weighted by atomic mass is 32.2. The summed E-state index contributed by atoms with van der Waals surface area (Å²) in [5.41, 5.74) is 1.16. The van der Waals surface area contributed by atoms with E-state index in [1.807, 2.05) is 11.8 Å². The highest BCUT2D eigenvalue weighted by Crippen LogP contribution is 2.39. The predicted molar refractivity (Wildman–Crippen MR) is 86.9 cm³/mol. The molecule has 20 heavy (non-hydrogen) atoms. The molecule has 2 N–H and O–H groups in total. The Morgan fingerprint density at radius 3 is 2.65 bits per heavy atom. The van der Waals surface area contributed by atoms with Crippen LogP contribution in [0, 0.1) is 6.92 Å². The van der Waals surface area contributed by atoms with Crippen molar-refractivity contribution in [3.63, 3.8) is 0 Å². The van der Waals surface area contributed by atoms with Gasteiger partial charge >= 0.3 is 0 Å². The molecule has 3 rings (SSSR count). The van der Waals surface area contributed by atoms with Gasteiger partial charge in [-0.25, -0.2) is 9.97 Å². The molecule has 1 aliphatic heterocycles. The first kappa shape index (κ1) is 14.0. The van der Waals surface area contributed by atoms with Crippen LogP contribution in [0.1, 0.15) is 49.9 Å². The molecule has 2 aliphatic rings. The SMILES string of the molecule is CCNc1nc(C2CC2)nc(NC2CCCSC2)c1C. The third kappa shape index (κ3) is 3.19. The lowest BCUT2D eigenvalue weighted by atomic mass is 10.1. The summed E-state index contributed by atoms with van der Waals surface area (Å²) >= 11 is 2.04. The van der Waals surface area contributed by atoms with Crippen LogP contribution in [-0.4, -0.2) is 34.1 Å². The molecular formula is C15H24N4S. The molecule has 110 valence electrons. The Morgan fingerprint density at radius 2 is 2.00 bits per heavy atom. The van der Waals surface area contributed by atoms with Gasteiger partial charge in [0.05, 0.1) is 0 Å². The van der Waals surface area contributed by atoms with Crippen molar-refractivity contribution < 1.29 is 0 Å². The molecule has 1 aliphatic carbocycles. The number of anilines is 2. The lowest BCUT2D eigenvalue weighted by molar-refractivity contribution is 0.680. The van der Waals surface area contributed by atoms with Gasteiger partial charge in [-0.1, -0.05) is 0 Å². The molecule has 0 aromatic carbocycles. The molecule has 2 heterocycles. The number of aromatic nitrogens is 2. The first-order valence-electron chi connectivity index (χ1n) is 7.74. The number of thioether (sulfide) groups is 1. The Labute approximate surface area is 125 Å². The second kappa shape index (κ2) is 6.20. The molecule has 0 radical (unpaired) electrons.